The van der Waals surface area contributed by atoms with Crippen molar-refractivity contribution < 1.29 is 14.6 Å². The molecule has 0 radical (unpaired) electrons. The van der Waals surface area contributed by atoms with Gasteiger partial charge in [-0.3, -0.25) is 0 Å². The number of hydrogen-bond donors (Lipinski definition) is 1. The first-order valence-electron chi connectivity index (χ1n) is 3.16. The molecule has 0 aromatic carbocycles. The molecule has 0 amide bonds. The van der Waals surface area contributed by atoms with Gasteiger partial charge in [-0.05, 0) is 15.9 Å². The highest BCUT2D eigenvalue weighted by Gasteiger charge is 2.13. The highest BCUT2D eigenvalue weighted by molar-refractivity contribution is 9.10. The molecule has 0 saturated carbocycles. The van der Waals surface area contributed by atoms with E-state index < -0.39 is 0 Å². The fourth-order valence-electron chi connectivity index (χ4n) is 0.774. The molecule has 1 rings (SSSR count). The Labute approximate surface area is 78.3 Å². The van der Waals surface area contributed by atoms with E-state index in [-0.39, 0.29) is 17.4 Å². The van der Waals surface area contributed by atoms with Crippen LogP contribution in [0.5, 0.6) is 17.4 Å². The van der Waals surface area contributed by atoms with E-state index in [0.29, 0.717) is 4.47 Å². The number of hydrogen-bond acceptors (Lipinski definition) is 4. The average molecular weight is 234 g/mol. The number of nitrogens with zero attached hydrogens (tertiary/aromatic N) is 1. The van der Waals surface area contributed by atoms with Crippen molar-refractivity contribution >= 4 is 15.9 Å². The molecule has 1 N–H and O–H groups in total. The summed E-state index contributed by atoms with van der Waals surface area (Å²) in [6.07, 6.45) is 1.44. The summed E-state index contributed by atoms with van der Waals surface area (Å²) in [5.74, 6) is 0.481. The summed E-state index contributed by atoms with van der Waals surface area (Å²) in [6.45, 7) is 0. The number of aromatic hydroxyl groups is 1. The van der Waals surface area contributed by atoms with Gasteiger partial charge in [0.2, 0.25) is 5.75 Å². The van der Waals surface area contributed by atoms with Crippen molar-refractivity contribution in [3.63, 3.8) is 0 Å². The summed E-state index contributed by atoms with van der Waals surface area (Å²) in [5, 5.41) is 9.42. The summed E-state index contributed by atoms with van der Waals surface area (Å²) >= 11 is 3.10. The van der Waals surface area contributed by atoms with Crippen LogP contribution < -0.4 is 9.47 Å². The standard InChI is InChI=1S/C7H8BrNO3/c1-11-6-5(10)4(8)3-9-7(6)12-2/h3H,1-2H3,(H,9,10). The lowest BCUT2D eigenvalue weighted by atomic mass is 10.4. The van der Waals surface area contributed by atoms with Gasteiger partial charge in [-0.25, -0.2) is 4.98 Å². The number of pyridine rings is 1. The van der Waals surface area contributed by atoms with Crippen molar-refractivity contribution in [2.45, 2.75) is 0 Å². The third kappa shape index (κ3) is 1.45. The maximum Gasteiger partial charge on any atom is 0.260 e. The van der Waals surface area contributed by atoms with Crippen LogP contribution in [0.15, 0.2) is 10.7 Å². The van der Waals surface area contributed by atoms with Gasteiger partial charge in [0.15, 0.2) is 5.75 Å². The lowest BCUT2D eigenvalue weighted by molar-refractivity contribution is 0.322. The van der Waals surface area contributed by atoms with E-state index in [9.17, 15) is 5.11 Å². The molecule has 4 nitrogen and oxygen atoms in total. The van der Waals surface area contributed by atoms with Crippen LogP contribution in [-0.4, -0.2) is 24.3 Å². The van der Waals surface area contributed by atoms with Crippen LogP contribution in [0.1, 0.15) is 0 Å². The van der Waals surface area contributed by atoms with Gasteiger partial charge in [0.05, 0.1) is 18.7 Å². The van der Waals surface area contributed by atoms with Crippen molar-refractivity contribution in [1.82, 2.24) is 4.98 Å². The lowest BCUT2D eigenvalue weighted by Crippen LogP contribution is -1.93. The Hall–Kier alpha value is -0.970. The van der Waals surface area contributed by atoms with Gasteiger partial charge in [0.1, 0.15) is 0 Å². The van der Waals surface area contributed by atoms with Gasteiger partial charge in [-0.1, -0.05) is 0 Å². The Kier molecular flexibility index (Phi) is 2.75. The van der Waals surface area contributed by atoms with Gasteiger partial charge in [-0.15, -0.1) is 0 Å². The van der Waals surface area contributed by atoms with Crippen molar-refractivity contribution in [1.29, 1.82) is 0 Å². The summed E-state index contributed by atoms with van der Waals surface area (Å²) in [6, 6.07) is 0. The molecule has 0 saturated heterocycles. The Morgan fingerprint density at radius 3 is 2.58 bits per heavy atom. The van der Waals surface area contributed by atoms with Gasteiger partial charge in [-0.2, -0.15) is 0 Å². The van der Waals surface area contributed by atoms with Gasteiger partial charge >= 0.3 is 0 Å². The Morgan fingerprint density at radius 1 is 1.42 bits per heavy atom. The first-order valence-corrected chi connectivity index (χ1v) is 3.95. The third-order valence-corrected chi connectivity index (χ3v) is 1.91. The Balaban J connectivity index is 3.25. The molecule has 1 aromatic heterocycles. The van der Waals surface area contributed by atoms with E-state index in [1.807, 2.05) is 0 Å². The number of methoxy groups -OCH3 is 2. The zero-order valence-electron chi connectivity index (χ0n) is 6.67. The van der Waals surface area contributed by atoms with Crippen molar-refractivity contribution in [2.24, 2.45) is 0 Å². The number of rotatable bonds is 2. The maximum atomic E-state index is 9.42. The molecule has 0 spiro atoms. The van der Waals surface area contributed by atoms with E-state index in [2.05, 4.69) is 20.9 Å². The van der Waals surface area contributed by atoms with Gasteiger partial charge < -0.3 is 14.6 Å². The molecule has 5 heteroatoms. The first-order chi connectivity index (χ1) is 5.70. The van der Waals surface area contributed by atoms with Crippen molar-refractivity contribution in [3.05, 3.63) is 10.7 Å². The van der Waals surface area contributed by atoms with E-state index in [4.69, 9.17) is 9.47 Å². The highest BCUT2D eigenvalue weighted by atomic mass is 79.9. The van der Waals surface area contributed by atoms with Gasteiger partial charge in [0.25, 0.3) is 5.88 Å². The van der Waals surface area contributed by atoms with Crippen LogP contribution in [0.2, 0.25) is 0 Å². The predicted molar refractivity (Wildman–Crippen MR) is 46.7 cm³/mol. The maximum absolute atomic E-state index is 9.42. The molecule has 0 aliphatic carbocycles. The van der Waals surface area contributed by atoms with Crippen molar-refractivity contribution in [2.75, 3.05) is 14.2 Å². The molecule has 0 fully saturated rings. The minimum absolute atomic E-state index is 0.00986. The molecule has 0 bridgehead atoms. The SMILES string of the molecule is COc1ncc(Br)c(O)c1OC. The Morgan fingerprint density at radius 2 is 2.08 bits per heavy atom. The van der Waals surface area contributed by atoms with Gasteiger partial charge in [0, 0.05) is 6.20 Å². The number of halogens is 1. The topological polar surface area (TPSA) is 51.6 Å². The summed E-state index contributed by atoms with van der Waals surface area (Å²) in [5.41, 5.74) is 0. The quantitative estimate of drug-likeness (QED) is 0.843. The minimum Gasteiger partial charge on any atom is -0.503 e. The first kappa shape index (κ1) is 9.12. The van der Waals surface area contributed by atoms with E-state index in [0.717, 1.165) is 0 Å². The second kappa shape index (κ2) is 3.62. The normalized spacial score (nSPS) is 9.58. The molecule has 0 unspecified atom stereocenters. The van der Waals surface area contributed by atoms with E-state index in [1.54, 1.807) is 0 Å². The van der Waals surface area contributed by atoms with E-state index >= 15 is 0 Å². The van der Waals surface area contributed by atoms with Crippen LogP contribution in [-0.2, 0) is 0 Å². The molecule has 12 heavy (non-hydrogen) atoms. The fourth-order valence-corrected chi connectivity index (χ4v) is 1.06. The third-order valence-electron chi connectivity index (χ3n) is 1.33. The summed E-state index contributed by atoms with van der Waals surface area (Å²) < 4.78 is 10.2. The van der Waals surface area contributed by atoms with Crippen LogP contribution in [0.4, 0.5) is 0 Å². The largest absolute Gasteiger partial charge is 0.503 e. The van der Waals surface area contributed by atoms with Crippen LogP contribution in [0, 0.1) is 0 Å². The zero-order chi connectivity index (χ0) is 9.14. The predicted octanol–water partition coefficient (Wildman–Crippen LogP) is 1.57. The van der Waals surface area contributed by atoms with Crippen LogP contribution >= 0.6 is 15.9 Å². The molecule has 1 heterocycles. The molecule has 0 aliphatic rings. The molecule has 66 valence electrons. The smallest absolute Gasteiger partial charge is 0.260 e. The highest BCUT2D eigenvalue weighted by Crippen LogP contribution is 2.39. The molecule has 0 atom stereocenters. The lowest BCUT2D eigenvalue weighted by Gasteiger charge is -2.08. The molecular formula is C7H8BrNO3. The average Bonchev–Trinajstić information content (AvgIpc) is 2.09. The molecule has 0 aliphatic heterocycles. The minimum atomic E-state index is -0.00986. The second-order valence-electron chi connectivity index (χ2n) is 2.00. The molecular weight excluding hydrogens is 226 g/mol. The summed E-state index contributed by atoms with van der Waals surface area (Å²) in [7, 11) is 2.89. The number of ether oxygens (including phenoxy) is 2. The monoisotopic (exact) mass is 233 g/mol. The van der Waals surface area contributed by atoms with E-state index in [1.165, 1.54) is 20.4 Å². The second-order valence-corrected chi connectivity index (χ2v) is 2.85. The van der Waals surface area contributed by atoms with Crippen LogP contribution in [0.3, 0.4) is 0 Å². The molecule has 1 aromatic rings. The fraction of sp³-hybridized carbons (Fsp3) is 0.286. The number of aromatic nitrogens is 1. The summed E-state index contributed by atoms with van der Waals surface area (Å²) in [4.78, 5) is 3.87. The Bertz CT molecular complexity index is 290. The van der Waals surface area contributed by atoms with Crippen LogP contribution in [0.25, 0.3) is 0 Å². The van der Waals surface area contributed by atoms with Crippen molar-refractivity contribution in [3.8, 4) is 17.4 Å². The zero-order valence-corrected chi connectivity index (χ0v) is 8.25.